The minimum atomic E-state index is -3.85. The molecule has 33 heavy (non-hydrogen) atoms. The Hall–Kier alpha value is -2.49. The van der Waals surface area contributed by atoms with Crippen molar-refractivity contribution in [3.63, 3.8) is 0 Å². The van der Waals surface area contributed by atoms with Crippen molar-refractivity contribution in [2.45, 2.75) is 16.7 Å². The topological polar surface area (TPSA) is 54.5 Å². The van der Waals surface area contributed by atoms with Gasteiger partial charge in [-0.05, 0) is 70.1 Å². The fourth-order valence-corrected chi connectivity index (χ4v) is 8.18. The van der Waals surface area contributed by atoms with E-state index >= 15 is 0 Å². The van der Waals surface area contributed by atoms with E-state index in [0.717, 1.165) is 25.5 Å². The molecule has 4 aromatic rings. The highest BCUT2D eigenvalue weighted by Crippen LogP contribution is 2.42. The second kappa shape index (κ2) is 8.70. The number of hydrogen-bond donors (Lipinski definition) is 0. The Morgan fingerprint density at radius 3 is 2.33 bits per heavy atom. The van der Waals surface area contributed by atoms with Crippen molar-refractivity contribution in [2.24, 2.45) is 0 Å². The van der Waals surface area contributed by atoms with Gasteiger partial charge in [-0.25, -0.2) is 12.6 Å². The zero-order chi connectivity index (χ0) is 23.2. The molecule has 0 saturated heterocycles. The molecule has 0 fully saturated rings. The summed E-state index contributed by atoms with van der Waals surface area (Å²) in [6, 6.07) is 27.9. The molecule has 0 aliphatic carbocycles. The van der Waals surface area contributed by atoms with Gasteiger partial charge in [-0.1, -0.05) is 72.3 Å². The summed E-state index contributed by atoms with van der Waals surface area (Å²) < 4.78 is 43.2. The van der Waals surface area contributed by atoms with Crippen molar-refractivity contribution in [3.05, 3.63) is 107 Å². The molecule has 0 amide bonds. The van der Waals surface area contributed by atoms with E-state index in [1.54, 1.807) is 48.5 Å². The molecule has 1 atom stereocenters. The van der Waals surface area contributed by atoms with Crippen LogP contribution in [0.3, 0.4) is 0 Å². The van der Waals surface area contributed by atoms with Crippen LogP contribution in [0, 0.1) is 6.92 Å². The minimum Gasteiger partial charge on any atom is -0.260 e. The van der Waals surface area contributed by atoms with Crippen molar-refractivity contribution in [3.8, 4) is 0 Å². The lowest BCUT2D eigenvalue weighted by molar-refractivity contribution is 0.592. The van der Waals surface area contributed by atoms with Gasteiger partial charge in [-0.2, -0.15) is 0 Å². The molecule has 5 rings (SSSR count). The van der Waals surface area contributed by atoms with E-state index in [0.29, 0.717) is 15.5 Å². The molecule has 0 saturated carbocycles. The molecule has 4 aromatic carbocycles. The summed E-state index contributed by atoms with van der Waals surface area (Å²) in [7, 11) is -5.32. The molecular formula is C26H20INO3S2. The summed E-state index contributed by atoms with van der Waals surface area (Å²) >= 11 is 2.21. The van der Waals surface area contributed by atoms with Crippen LogP contribution in [0.2, 0.25) is 0 Å². The molecule has 4 nitrogen and oxygen atoms in total. The van der Waals surface area contributed by atoms with Gasteiger partial charge in [0, 0.05) is 3.58 Å². The first-order valence-electron chi connectivity index (χ1n) is 10.3. The van der Waals surface area contributed by atoms with Crippen LogP contribution in [0.15, 0.2) is 106 Å². The van der Waals surface area contributed by atoms with Gasteiger partial charge >= 0.3 is 0 Å². The number of sulfonamides is 1. The lowest BCUT2D eigenvalue weighted by atomic mass is 10.0. The second-order valence-electron chi connectivity index (χ2n) is 7.83. The van der Waals surface area contributed by atoms with Crippen molar-refractivity contribution in [2.75, 3.05) is 10.8 Å². The molecular weight excluding hydrogens is 565 g/mol. The number of aryl methyl sites for hydroxylation is 1. The summed E-state index contributed by atoms with van der Waals surface area (Å²) in [5.74, 6) is 0. The fourth-order valence-electron chi connectivity index (χ4n) is 4.00. The maximum Gasteiger partial charge on any atom is 0.264 e. The highest BCUT2D eigenvalue weighted by Gasteiger charge is 2.35. The van der Waals surface area contributed by atoms with Gasteiger partial charge in [0.05, 0.1) is 37.7 Å². The summed E-state index contributed by atoms with van der Waals surface area (Å²) in [5.41, 5.74) is 2.39. The van der Waals surface area contributed by atoms with Crippen molar-refractivity contribution >= 4 is 63.5 Å². The molecule has 0 bridgehead atoms. The Morgan fingerprint density at radius 1 is 0.879 bits per heavy atom. The molecule has 0 radical (unpaired) electrons. The molecule has 0 spiro atoms. The Kier molecular flexibility index (Phi) is 5.88. The van der Waals surface area contributed by atoms with Crippen LogP contribution in [-0.2, 0) is 20.8 Å². The van der Waals surface area contributed by atoms with Gasteiger partial charge in [-0.3, -0.25) is 4.31 Å². The zero-order valence-corrected chi connectivity index (χ0v) is 21.5. The molecule has 1 aliphatic heterocycles. The smallest absolute Gasteiger partial charge is 0.260 e. The first kappa shape index (κ1) is 22.3. The lowest BCUT2D eigenvalue weighted by Gasteiger charge is -2.32. The molecule has 166 valence electrons. The quantitative estimate of drug-likeness (QED) is 0.267. The SMILES string of the molecule is Cc1ccc(S(=O)(=O)N2C/C(=C(\I)c3cccc4ccccc34)[S@](=O)c3ccccc32)cc1. The first-order chi connectivity index (χ1) is 15.9. The van der Waals surface area contributed by atoms with Crippen LogP contribution in [0.25, 0.3) is 14.4 Å². The number of fused-ring (bicyclic) bond motifs is 2. The van der Waals surface area contributed by atoms with Crippen LogP contribution in [0.4, 0.5) is 5.69 Å². The molecule has 7 heteroatoms. The minimum absolute atomic E-state index is 0.0291. The number of rotatable bonds is 3. The summed E-state index contributed by atoms with van der Waals surface area (Å²) in [6.45, 7) is 1.95. The molecule has 0 unspecified atom stereocenters. The normalized spacial score (nSPS) is 17.6. The van der Waals surface area contributed by atoms with Crippen LogP contribution in [-0.4, -0.2) is 19.2 Å². The van der Waals surface area contributed by atoms with Gasteiger partial charge in [0.25, 0.3) is 10.0 Å². The predicted octanol–water partition coefficient (Wildman–Crippen LogP) is 6.27. The third-order valence-corrected chi connectivity index (χ3v) is 10.6. The van der Waals surface area contributed by atoms with E-state index in [1.165, 1.54) is 4.31 Å². The predicted molar refractivity (Wildman–Crippen MR) is 143 cm³/mol. The maximum atomic E-state index is 13.7. The Labute approximate surface area is 209 Å². The lowest BCUT2D eigenvalue weighted by Crippen LogP contribution is -2.37. The number of nitrogens with zero attached hydrogens (tertiary/aromatic N) is 1. The van der Waals surface area contributed by atoms with E-state index in [9.17, 15) is 12.6 Å². The molecule has 1 aliphatic rings. The Morgan fingerprint density at radius 2 is 1.55 bits per heavy atom. The average Bonchev–Trinajstić information content (AvgIpc) is 2.84. The van der Waals surface area contributed by atoms with Crippen molar-refractivity contribution in [1.29, 1.82) is 0 Å². The number of halogens is 1. The highest BCUT2D eigenvalue weighted by atomic mass is 127. The summed E-state index contributed by atoms with van der Waals surface area (Å²) in [6.07, 6.45) is 0. The molecule has 0 N–H and O–H groups in total. The van der Waals surface area contributed by atoms with Gasteiger partial charge in [0.2, 0.25) is 0 Å². The number of hydrogen-bond acceptors (Lipinski definition) is 3. The Bertz CT molecular complexity index is 1540. The van der Waals surface area contributed by atoms with Crippen molar-refractivity contribution < 1.29 is 12.6 Å². The van der Waals surface area contributed by atoms with E-state index < -0.39 is 20.8 Å². The average molecular weight is 585 g/mol. The molecule has 0 aromatic heterocycles. The van der Waals surface area contributed by atoms with Crippen LogP contribution in [0.5, 0.6) is 0 Å². The fraction of sp³-hybridized carbons (Fsp3) is 0.0769. The Balaban J connectivity index is 1.71. The number of anilines is 1. The first-order valence-corrected chi connectivity index (χ1v) is 14.0. The van der Waals surface area contributed by atoms with Gasteiger partial charge in [0.1, 0.15) is 0 Å². The summed E-state index contributed by atoms with van der Waals surface area (Å²) in [4.78, 5) is 1.31. The maximum absolute atomic E-state index is 13.7. The largest absolute Gasteiger partial charge is 0.264 e. The second-order valence-corrected chi connectivity index (χ2v) is 12.2. The standard InChI is InChI=1S/C26H20INO3S2/c1-18-13-15-20(16-14-18)33(30,31)28-17-25(32(29)24-12-5-4-11-23(24)28)26(27)22-10-6-8-19-7-2-3-9-21(19)22/h2-16H,17H2,1H3/b26-25+/t32-/m1/s1. The van der Waals surface area contributed by atoms with E-state index in [-0.39, 0.29) is 11.4 Å². The van der Waals surface area contributed by atoms with E-state index in [1.807, 2.05) is 49.4 Å². The van der Waals surface area contributed by atoms with Gasteiger partial charge in [-0.15, -0.1) is 0 Å². The van der Waals surface area contributed by atoms with Crippen LogP contribution >= 0.6 is 22.6 Å². The van der Waals surface area contributed by atoms with Gasteiger partial charge in [0.15, 0.2) is 0 Å². The van der Waals surface area contributed by atoms with Crippen LogP contribution < -0.4 is 4.31 Å². The number of para-hydroxylation sites is 1. The van der Waals surface area contributed by atoms with Crippen LogP contribution in [0.1, 0.15) is 11.1 Å². The monoisotopic (exact) mass is 585 g/mol. The van der Waals surface area contributed by atoms with Gasteiger partial charge < -0.3 is 0 Å². The van der Waals surface area contributed by atoms with Crippen molar-refractivity contribution in [1.82, 2.24) is 0 Å². The third-order valence-electron chi connectivity index (χ3n) is 5.72. The number of benzene rings is 4. The summed E-state index contributed by atoms with van der Waals surface area (Å²) in [5, 5.41) is 2.12. The zero-order valence-electron chi connectivity index (χ0n) is 17.7. The third kappa shape index (κ3) is 3.92. The highest BCUT2D eigenvalue weighted by molar-refractivity contribution is 14.1. The van der Waals surface area contributed by atoms with E-state index in [2.05, 4.69) is 22.6 Å². The van der Waals surface area contributed by atoms with E-state index in [4.69, 9.17) is 0 Å². The molecule has 1 heterocycles.